The van der Waals surface area contributed by atoms with E-state index in [0.29, 0.717) is 25.3 Å². The van der Waals surface area contributed by atoms with E-state index in [9.17, 15) is 9.59 Å². The second-order valence-corrected chi connectivity index (χ2v) is 5.46. The molecule has 2 fully saturated rings. The number of ether oxygens (including phenoxy) is 1. The molecule has 3 N–H and O–H groups in total. The first-order chi connectivity index (χ1) is 9.15. The van der Waals surface area contributed by atoms with Crippen LogP contribution in [0.1, 0.15) is 32.1 Å². The van der Waals surface area contributed by atoms with E-state index in [1.165, 1.54) is 0 Å². The van der Waals surface area contributed by atoms with Crippen LogP contribution in [0.5, 0.6) is 0 Å². The molecule has 0 radical (unpaired) electrons. The Balaban J connectivity index is 1.58. The van der Waals surface area contributed by atoms with E-state index in [-0.39, 0.29) is 18.0 Å². The van der Waals surface area contributed by atoms with Crippen LogP contribution in [0.25, 0.3) is 0 Å². The maximum absolute atomic E-state index is 11.6. The van der Waals surface area contributed by atoms with Crippen LogP contribution in [-0.2, 0) is 9.53 Å². The molecule has 1 saturated heterocycles. The van der Waals surface area contributed by atoms with Gasteiger partial charge in [-0.15, -0.1) is 0 Å². The number of rotatable bonds is 5. The van der Waals surface area contributed by atoms with Gasteiger partial charge in [-0.2, -0.15) is 0 Å². The first kappa shape index (κ1) is 14.1. The molecule has 0 spiro atoms. The minimum absolute atomic E-state index is 0.00378. The summed E-state index contributed by atoms with van der Waals surface area (Å²) in [5, 5.41) is 14.6. The summed E-state index contributed by atoms with van der Waals surface area (Å²) in [6.07, 6.45) is 3.96. The first-order valence-electron chi connectivity index (χ1n) is 7.00. The van der Waals surface area contributed by atoms with E-state index in [1.54, 1.807) is 0 Å². The van der Waals surface area contributed by atoms with Crippen molar-refractivity contribution in [1.29, 1.82) is 0 Å². The number of urea groups is 1. The van der Waals surface area contributed by atoms with Gasteiger partial charge in [-0.3, -0.25) is 4.79 Å². The molecule has 2 aliphatic rings. The maximum atomic E-state index is 11.6. The average molecular weight is 270 g/mol. The number of carboxylic acid groups (broad SMARTS) is 1. The molecule has 19 heavy (non-hydrogen) atoms. The largest absolute Gasteiger partial charge is 0.481 e. The summed E-state index contributed by atoms with van der Waals surface area (Å²) in [4.78, 5) is 22.5. The highest BCUT2D eigenvalue weighted by Gasteiger charge is 2.30. The SMILES string of the molecule is O=C(NCCC1CCOC1)NC1CCC(C(=O)O)C1. The fourth-order valence-electron chi connectivity index (χ4n) is 2.77. The van der Waals surface area contributed by atoms with Gasteiger partial charge in [0.1, 0.15) is 0 Å². The zero-order chi connectivity index (χ0) is 13.7. The highest BCUT2D eigenvalue weighted by Crippen LogP contribution is 2.25. The van der Waals surface area contributed by atoms with Gasteiger partial charge in [0.2, 0.25) is 0 Å². The molecule has 0 aromatic rings. The lowest BCUT2D eigenvalue weighted by Gasteiger charge is -2.14. The minimum atomic E-state index is -0.758. The summed E-state index contributed by atoms with van der Waals surface area (Å²) in [7, 11) is 0. The average Bonchev–Trinajstić information content (AvgIpc) is 3.00. The smallest absolute Gasteiger partial charge is 0.315 e. The number of amides is 2. The number of hydrogen-bond acceptors (Lipinski definition) is 3. The molecule has 2 amide bonds. The fourth-order valence-corrected chi connectivity index (χ4v) is 2.77. The quantitative estimate of drug-likeness (QED) is 0.694. The zero-order valence-corrected chi connectivity index (χ0v) is 11.1. The summed E-state index contributed by atoms with van der Waals surface area (Å²) in [5.74, 6) is -0.505. The Morgan fingerprint density at radius 2 is 2.11 bits per heavy atom. The van der Waals surface area contributed by atoms with Gasteiger partial charge in [0.15, 0.2) is 0 Å². The molecule has 3 unspecified atom stereocenters. The van der Waals surface area contributed by atoms with Crippen molar-refractivity contribution in [3.05, 3.63) is 0 Å². The van der Waals surface area contributed by atoms with Gasteiger partial charge < -0.3 is 20.5 Å². The molecule has 3 atom stereocenters. The Kier molecular flexibility index (Phi) is 5.01. The minimum Gasteiger partial charge on any atom is -0.481 e. The van der Waals surface area contributed by atoms with Crippen molar-refractivity contribution in [2.75, 3.05) is 19.8 Å². The molecule has 0 aromatic heterocycles. The zero-order valence-electron chi connectivity index (χ0n) is 11.1. The number of carbonyl (C=O) groups excluding carboxylic acids is 1. The Bertz CT molecular complexity index is 329. The summed E-state index contributed by atoms with van der Waals surface area (Å²) in [5.41, 5.74) is 0. The van der Waals surface area contributed by atoms with Crippen molar-refractivity contribution in [3.8, 4) is 0 Å². The van der Waals surface area contributed by atoms with Crippen molar-refractivity contribution in [3.63, 3.8) is 0 Å². The van der Waals surface area contributed by atoms with E-state index in [0.717, 1.165) is 32.5 Å². The highest BCUT2D eigenvalue weighted by molar-refractivity contribution is 5.75. The molecule has 1 aliphatic heterocycles. The Hall–Kier alpha value is -1.30. The van der Waals surface area contributed by atoms with Crippen LogP contribution in [0, 0.1) is 11.8 Å². The van der Waals surface area contributed by atoms with E-state index in [4.69, 9.17) is 9.84 Å². The van der Waals surface area contributed by atoms with Crippen LogP contribution < -0.4 is 10.6 Å². The Labute approximate surface area is 112 Å². The molecule has 1 aliphatic carbocycles. The molecule has 0 aromatic carbocycles. The van der Waals surface area contributed by atoms with Gasteiger partial charge >= 0.3 is 12.0 Å². The highest BCUT2D eigenvalue weighted by atomic mass is 16.5. The van der Waals surface area contributed by atoms with Crippen LogP contribution in [0.15, 0.2) is 0 Å². The molecular formula is C13H22N2O4. The maximum Gasteiger partial charge on any atom is 0.315 e. The third-order valence-corrected chi connectivity index (χ3v) is 3.98. The molecule has 1 heterocycles. The van der Waals surface area contributed by atoms with Gasteiger partial charge in [0.25, 0.3) is 0 Å². The monoisotopic (exact) mass is 270 g/mol. The predicted molar refractivity (Wildman–Crippen MR) is 68.8 cm³/mol. The fraction of sp³-hybridized carbons (Fsp3) is 0.846. The van der Waals surface area contributed by atoms with E-state index >= 15 is 0 Å². The summed E-state index contributed by atoms with van der Waals surface area (Å²) >= 11 is 0. The van der Waals surface area contributed by atoms with Gasteiger partial charge in [-0.25, -0.2) is 4.79 Å². The molecule has 6 heteroatoms. The third-order valence-electron chi connectivity index (χ3n) is 3.98. The van der Waals surface area contributed by atoms with Crippen LogP contribution in [-0.4, -0.2) is 42.9 Å². The van der Waals surface area contributed by atoms with Gasteiger partial charge in [-0.05, 0) is 38.0 Å². The van der Waals surface area contributed by atoms with Crippen LogP contribution in [0.4, 0.5) is 4.79 Å². The molecule has 0 bridgehead atoms. The second-order valence-electron chi connectivity index (χ2n) is 5.46. The third kappa shape index (κ3) is 4.38. The van der Waals surface area contributed by atoms with E-state index in [1.807, 2.05) is 0 Å². The van der Waals surface area contributed by atoms with E-state index in [2.05, 4.69) is 10.6 Å². The lowest BCUT2D eigenvalue weighted by atomic mass is 10.1. The van der Waals surface area contributed by atoms with Crippen molar-refractivity contribution < 1.29 is 19.4 Å². The molecule has 108 valence electrons. The van der Waals surface area contributed by atoms with E-state index < -0.39 is 5.97 Å². The van der Waals surface area contributed by atoms with Crippen molar-refractivity contribution in [2.24, 2.45) is 11.8 Å². The predicted octanol–water partition coefficient (Wildman–Crippen LogP) is 0.965. The van der Waals surface area contributed by atoms with Crippen molar-refractivity contribution >= 4 is 12.0 Å². The summed E-state index contributed by atoms with van der Waals surface area (Å²) in [6, 6.07) is -0.189. The summed E-state index contributed by atoms with van der Waals surface area (Å²) < 4.78 is 5.27. The van der Waals surface area contributed by atoms with Crippen LogP contribution in [0.3, 0.4) is 0 Å². The van der Waals surface area contributed by atoms with Crippen LogP contribution >= 0.6 is 0 Å². The number of aliphatic carboxylic acids is 1. The number of carboxylic acids is 1. The second kappa shape index (κ2) is 6.75. The number of carbonyl (C=O) groups is 2. The molecule has 6 nitrogen and oxygen atoms in total. The van der Waals surface area contributed by atoms with Crippen molar-refractivity contribution in [2.45, 2.75) is 38.1 Å². The molecule has 1 saturated carbocycles. The van der Waals surface area contributed by atoms with Crippen LogP contribution in [0.2, 0.25) is 0 Å². The molecular weight excluding hydrogens is 248 g/mol. The Morgan fingerprint density at radius 1 is 1.26 bits per heavy atom. The van der Waals surface area contributed by atoms with Crippen molar-refractivity contribution in [1.82, 2.24) is 10.6 Å². The molecule has 2 rings (SSSR count). The van der Waals surface area contributed by atoms with Gasteiger partial charge in [0.05, 0.1) is 5.92 Å². The number of hydrogen-bond donors (Lipinski definition) is 3. The standard InChI is InChI=1S/C13H22N2O4/c16-12(17)10-1-2-11(7-10)15-13(18)14-5-3-9-4-6-19-8-9/h9-11H,1-8H2,(H,16,17)(H2,14,15,18). The topological polar surface area (TPSA) is 87.7 Å². The lowest BCUT2D eigenvalue weighted by Crippen LogP contribution is -2.41. The summed E-state index contributed by atoms with van der Waals surface area (Å²) in [6.45, 7) is 2.27. The number of nitrogens with one attached hydrogen (secondary N) is 2. The van der Waals surface area contributed by atoms with Gasteiger partial charge in [0, 0.05) is 25.8 Å². The Morgan fingerprint density at radius 3 is 2.74 bits per heavy atom. The van der Waals surface area contributed by atoms with Gasteiger partial charge in [-0.1, -0.05) is 0 Å². The first-order valence-corrected chi connectivity index (χ1v) is 7.00. The lowest BCUT2D eigenvalue weighted by molar-refractivity contribution is -0.141. The normalized spacial score (nSPS) is 30.2.